The molecule has 0 aliphatic rings. The number of nitrogens with one attached hydrogen (secondary N) is 1. The number of rotatable bonds is 4. The molecule has 2 rings (SSSR count). The van der Waals surface area contributed by atoms with Gasteiger partial charge in [-0.05, 0) is 24.1 Å². The van der Waals surface area contributed by atoms with Crippen molar-refractivity contribution in [3.8, 4) is 0 Å². The van der Waals surface area contributed by atoms with Crippen LogP contribution in [0.3, 0.4) is 0 Å². The number of aryl methyl sites for hydroxylation is 1. The minimum absolute atomic E-state index is 0.0808. The Kier molecular flexibility index (Phi) is 5.19. The standard InChI is InChI=1S/C17H24N4S/c1-5-12-6-8-13(9-7-12)21-16(18)19-10-14-11-22-15(20-14)17(2,3)4/h6-9,11H,5,10H2,1-4H3,(H3,18,19,21). The number of nitrogens with two attached hydrogens (primary N) is 1. The lowest BCUT2D eigenvalue weighted by atomic mass is 9.98. The normalized spacial score (nSPS) is 12.5. The molecular formula is C17H24N4S. The van der Waals surface area contributed by atoms with E-state index in [1.165, 1.54) is 5.56 Å². The van der Waals surface area contributed by atoms with Gasteiger partial charge in [0.05, 0.1) is 17.2 Å². The molecule has 0 atom stereocenters. The zero-order chi connectivity index (χ0) is 16.2. The van der Waals surface area contributed by atoms with E-state index in [1.807, 2.05) is 17.5 Å². The minimum Gasteiger partial charge on any atom is -0.370 e. The molecule has 4 nitrogen and oxygen atoms in total. The topological polar surface area (TPSA) is 63.3 Å². The zero-order valence-electron chi connectivity index (χ0n) is 13.7. The Balaban J connectivity index is 1.95. The van der Waals surface area contributed by atoms with Gasteiger partial charge in [0.25, 0.3) is 0 Å². The van der Waals surface area contributed by atoms with E-state index in [1.54, 1.807) is 11.3 Å². The van der Waals surface area contributed by atoms with Gasteiger partial charge in [-0.15, -0.1) is 11.3 Å². The summed E-state index contributed by atoms with van der Waals surface area (Å²) < 4.78 is 0. The van der Waals surface area contributed by atoms with Crippen LogP contribution in [0.2, 0.25) is 0 Å². The van der Waals surface area contributed by atoms with Gasteiger partial charge < -0.3 is 11.1 Å². The minimum atomic E-state index is 0.0808. The average molecular weight is 316 g/mol. The Morgan fingerprint density at radius 2 is 1.95 bits per heavy atom. The Morgan fingerprint density at radius 3 is 2.50 bits per heavy atom. The third-order valence-electron chi connectivity index (χ3n) is 3.24. The van der Waals surface area contributed by atoms with Gasteiger partial charge in [-0.25, -0.2) is 9.98 Å². The summed E-state index contributed by atoms with van der Waals surface area (Å²) in [6.45, 7) is 9.12. The maximum atomic E-state index is 5.93. The van der Waals surface area contributed by atoms with Gasteiger partial charge in [-0.3, -0.25) is 0 Å². The molecule has 3 N–H and O–H groups in total. The van der Waals surface area contributed by atoms with Crippen molar-refractivity contribution in [2.45, 2.75) is 46.1 Å². The van der Waals surface area contributed by atoms with E-state index in [9.17, 15) is 0 Å². The molecule has 0 aliphatic heterocycles. The summed E-state index contributed by atoms with van der Waals surface area (Å²) in [6, 6.07) is 8.21. The van der Waals surface area contributed by atoms with E-state index in [2.05, 4.69) is 55.1 Å². The number of anilines is 1. The van der Waals surface area contributed by atoms with Crippen LogP contribution in [0, 0.1) is 0 Å². The van der Waals surface area contributed by atoms with Crippen molar-refractivity contribution in [3.05, 3.63) is 45.9 Å². The highest BCUT2D eigenvalue weighted by molar-refractivity contribution is 7.09. The molecule has 5 heteroatoms. The summed E-state index contributed by atoms with van der Waals surface area (Å²) >= 11 is 1.67. The molecule has 0 saturated carbocycles. The van der Waals surface area contributed by atoms with Crippen molar-refractivity contribution in [3.63, 3.8) is 0 Å². The summed E-state index contributed by atoms with van der Waals surface area (Å²) in [5.41, 5.74) is 9.23. The summed E-state index contributed by atoms with van der Waals surface area (Å²) in [6.07, 6.45) is 1.03. The van der Waals surface area contributed by atoms with E-state index in [0.717, 1.165) is 22.8 Å². The molecule has 22 heavy (non-hydrogen) atoms. The molecule has 0 fully saturated rings. The molecule has 0 radical (unpaired) electrons. The number of nitrogens with zero attached hydrogens (tertiary/aromatic N) is 2. The fourth-order valence-corrected chi connectivity index (χ4v) is 2.80. The third-order valence-corrected chi connectivity index (χ3v) is 4.56. The van der Waals surface area contributed by atoms with E-state index in [-0.39, 0.29) is 5.41 Å². The summed E-state index contributed by atoms with van der Waals surface area (Å²) in [5, 5.41) is 6.28. The molecule has 0 spiro atoms. The quantitative estimate of drug-likeness (QED) is 0.663. The maximum absolute atomic E-state index is 5.93. The van der Waals surface area contributed by atoms with E-state index in [0.29, 0.717) is 12.5 Å². The lowest BCUT2D eigenvalue weighted by Crippen LogP contribution is -2.22. The van der Waals surface area contributed by atoms with Crippen LogP contribution in [-0.4, -0.2) is 10.9 Å². The fourth-order valence-electron chi connectivity index (χ4n) is 1.90. The maximum Gasteiger partial charge on any atom is 0.193 e. The van der Waals surface area contributed by atoms with Crippen molar-refractivity contribution >= 4 is 23.0 Å². The monoisotopic (exact) mass is 316 g/mol. The van der Waals surface area contributed by atoms with Gasteiger partial charge in [0.15, 0.2) is 5.96 Å². The SMILES string of the molecule is CCc1ccc(NC(N)=NCc2csc(C(C)(C)C)n2)cc1. The van der Waals surface area contributed by atoms with Crippen LogP contribution in [-0.2, 0) is 18.4 Å². The van der Waals surface area contributed by atoms with Crippen molar-refractivity contribution in [1.29, 1.82) is 0 Å². The third kappa shape index (κ3) is 4.56. The lowest BCUT2D eigenvalue weighted by molar-refractivity contribution is 0.583. The molecule has 0 amide bonds. The summed E-state index contributed by atoms with van der Waals surface area (Å²) in [7, 11) is 0. The van der Waals surface area contributed by atoms with Gasteiger partial charge in [-0.1, -0.05) is 39.8 Å². The number of aromatic nitrogens is 1. The van der Waals surface area contributed by atoms with E-state index < -0.39 is 0 Å². The number of thiazole rings is 1. The highest BCUT2D eigenvalue weighted by Crippen LogP contribution is 2.25. The first-order chi connectivity index (χ1) is 10.4. The van der Waals surface area contributed by atoms with Crippen molar-refractivity contribution in [1.82, 2.24) is 4.98 Å². The molecule has 0 unspecified atom stereocenters. The number of guanidine groups is 1. The van der Waals surface area contributed by atoms with Crippen LogP contribution in [0.15, 0.2) is 34.6 Å². The van der Waals surface area contributed by atoms with Crippen LogP contribution in [0.4, 0.5) is 5.69 Å². The number of hydrogen-bond donors (Lipinski definition) is 2. The Bertz CT molecular complexity index is 635. The smallest absolute Gasteiger partial charge is 0.193 e. The predicted molar refractivity (Wildman–Crippen MR) is 95.6 cm³/mol. The Hall–Kier alpha value is -1.88. The second kappa shape index (κ2) is 6.92. The first kappa shape index (κ1) is 16.5. The summed E-state index contributed by atoms with van der Waals surface area (Å²) in [4.78, 5) is 8.97. The molecule has 118 valence electrons. The molecule has 2 aromatic rings. The predicted octanol–water partition coefficient (Wildman–Crippen LogP) is 3.93. The van der Waals surface area contributed by atoms with Crippen molar-refractivity contribution < 1.29 is 0 Å². The van der Waals surface area contributed by atoms with Gasteiger partial charge in [0, 0.05) is 16.5 Å². The zero-order valence-corrected chi connectivity index (χ0v) is 14.5. The van der Waals surface area contributed by atoms with Gasteiger partial charge in [0.2, 0.25) is 0 Å². The largest absolute Gasteiger partial charge is 0.370 e. The molecule has 0 saturated heterocycles. The Morgan fingerprint density at radius 1 is 1.27 bits per heavy atom. The number of hydrogen-bond acceptors (Lipinski definition) is 3. The van der Waals surface area contributed by atoms with E-state index in [4.69, 9.17) is 5.73 Å². The lowest BCUT2D eigenvalue weighted by Gasteiger charge is -2.13. The van der Waals surface area contributed by atoms with Gasteiger partial charge in [0.1, 0.15) is 0 Å². The van der Waals surface area contributed by atoms with Gasteiger partial charge in [-0.2, -0.15) is 0 Å². The second-order valence-corrected chi connectivity index (χ2v) is 7.13. The van der Waals surface area contributed by atoms with E-state index >= 15 is 0 Å². The van der Waals surface area contributed by atoms with Crippen LogP contribution < -0.4 is 11.1 Å². The van der Waals surface area contributed by atoms with Crippen molar-refractivity contribution in [2.75, 3.05) is 5.32 Å². The molecule has 0 aliphatic carbocycles. The van der Waals surface area contributed by atoms with Gasteiger partial charge >= 0.3 is 0 Å². The number of benzene rings is 1. The van der Waals surface area contributed by atoms with Crippen LogP contribution >= 0.6 is 11.3 Å². The second-order valence-electron chi connectivity index (χ2n) is 6.27. The van der Waals surface area contributed by atoms with Crippen molar-refractivity contribution in [2.24, 2.45) is 10.7 Å². The first-order valence-corrected chi connectivity index (χ1v) is 8.37. The summed E-state index contributed by atoms with van der Waals surface area (Å²) in [5.74, 6) is 0.412. The first-order valence-electron chi connectivity index (χ1n) is 7.49. The highest BCUT2D eigenvalue weighted by Gasteiger charge is 2.17. The molecule has 0 bridgehead atoms. The molecule has 1 heterocycles. The average Bonchev–Trinajstić information content (AvgIpc) is 2.95. The fraction of sp³-hybridized carbons (Fsp3) is 0.412. The molecular weight excluding hydrogens is 292 g/mol. The molecule has 1 aromatic heterocycles. The highest BCUT2D eigenvalue weighted by atomic mass is 32.1. The molecule has 1 aromatic carbocycles. The van der Waals surface area contributed by atoms with Crippen LogP contribution in [0.25, 0.3) is 0 Å². The Labute approximate surface area is 136 Å². The van der Waals surface area contributed by atoms with Crippen LogP contribution in [0.5, 0.6) is 0 Å². The number of aliphatic imine (C=N–C) groups is 1. The van der Waals surface area contributed by atoms with Crippen LogP contribution in [0.1, 0.15) is 44.0 Å².